The first-order chi connectivity index (χ1) is 10.4. The molecule has 0 saturated heterocycles. The van der Waals surface area contributed by atoms with Crippen LogP contribution in [0.25, 0.3) is 0 Å². The molecule has 0 fully saturated rings. The molecule has 0 unspecified atom stereocenters. The van der Waals surface area contributed by atoms with Crippen LogP contribution in [0.3, 0.4) is 0 Å². The topological polar surface area (TPSA) is 59.1 Å². The van der Waals surface area contributed by atoms with Crippen molar-refractivity contribution in [1.82, 2.24) is 9.71 Å². The summed E-state index contributed by atoms with van der Waals surface area (Å²) in [5.74, 6) is 0. The van der Waals surface area contributed by atoms with Gasteiger partial charge < -0.3 is 0 Å². The summed E-state index contributed by atoms with van der Waals surface area (Å²) in [5.41, 5.74) is 1.73. The van der Waals surface area contributed by atoms with Crippen LogP contribution in [0.1, 0.15) is 42.8 Å². The lowest BCUT2D eigenvalue weighted by Gasteiger charge is -2.24. The molecule has 0 saturated carbocycles. The van der Waals surface area contributed by atoms with Crippen LogP contribution in [0, 0.1) is 0 Å². The van der Waals surface area contributed by atoms with Crippen molar-refractivity contribution in [2.75, 3.05) is 0 Å². The normalized spacial score (nSPS) is 15.5. The lowest BCUT2D eigenvalue weighted by Crippen LogP contribution is -2.40. The molecule has 2 aromatic rings. The van der Waals surface area contributed by atoms with Gasteiger partial charge in [-0.1, -0.05) is 6.07 Å². The quantitative estimate of drug-likeness (QED) is 0.932. The molecule has 0 amide bonds. The van der Waals surface area contributed by atoms with E-state index in [1.54, 1.807) is 12.3 Å². The first-order valence-electron chi connectivity index (χ1n) is 7.44. The summed E-state index contributed by atoms with van der Waals surface area (Å²) in [7, 11) is -3.56. The first-order valence-corrected chi connectivity index (χ1v) is 9.80. The predicted molar refractivity (Wildman–Crippen MR) is 88.5 cm³/mol. The maximum atomic E-state index is 12.7. The Hall–Kier alpha value is -1.24. The zero-order valence-corrected chi connectivity index (χ0v) is 14.4. The van der Waals surface area contributed by atoms with Crippen LogP contribution in [0.4, 0.5) is 0 Å². The number of benzene rings is 1. The molecule has 1 aromatic heterocycles. The van der Waals surface area contributed by atoms with Crippen LogP contribution < -0.4 is 4.72 Å². The van der Waals surface area contributed by atoms with Crippen LogP contribution in [0.5, 0.6) is 0 Å². The van der Waals surface area contributed by atoms with E-state index in [9.17, 15) is 8.42 Å². The third-order valence-electron chi connectivity index (χ3n) is 3.99. The SMILES string of the molecule is CC(C)(NS(=O)(=O)c1ccc2c(c1)CCCC2)c1nccs1. The molecule has 118 valence electrons. The van der Waals surface area contributed by atoms with E-state index < -0.39 is 15.6 Å². The maximum Gasteiger partial charge on any atom is 0.241 e. The lowest BCUT2D eigenvalue weighted by molar-refractivity contribution is 0.469. The molecule has 1 aromatic carbocycles. The molecule has 0 radical (unpaired) electrons. The largest absolute Gasteiger partial charge is 0.248 e. The fraction of sp³-hybridized carbons (Fsp3) is 0.438. The summed E-state index contributed by atoms with van der Waals surface area (Å²) in [5, 5.41) is 2.61. The van der Waals surface area contributed by atoms with E-state index in [4.69, 9.17) is 0 Å². The van der Waals surface area contributed by atoms with E-state index in [0.29, 0.717) is 4.90 Å². The molecule has 0 bridgehead atoms. The van der Waals surface area contributed by atoms with E-state index in [2.05, 4.69) is 9.71 Å². The van der Waals surface area contributed by atoms with Gasteiger partial charge in [0.1, 0.15) is 5.01 Å². The van der Waals surface area contributed by atoms with Crippen molar-refractivity contribution in [2.45, 2.75) is 50.0 Å². The summed E-state index contributed by atoms with van der Waals surface area (Å²) < 4.78 is 28.2. The van der Waals surface area contributed by atoms with Crippen molar-refractivity contribution in [1.29, 1.82) is 0 Å². The third-order valence-corrected chi connectivity index (χ3v) is 6.74. The maximum absolute atomic E-state index is 12.7. The fourth-order valence-electron chi connectivity index (χ4n) is 2.85. The van der Waals surface area contributed by atoms with Gasteiger partial charge in [0.2, 0.25) is 10.0 Å². The van der Waals surface area contributed by atoms with Gasteiger partial charge in [-0.2, -0.15) is 4.72 Å². The van der Waals surface area contributed by atoms with Crippen LogP contribution in [-0.2, 0) is 28.4 Å². The lowest BCUT2D eigenvalue weighted by atomic mass is 9.92. The van der Waals surface area contributed by atoms with Crippen molar-refractivity contribution >= 4 is 21.4 Å². The molecule has 1 heterocycles. The Kier molecular flexibility index (Phi) is 4.09. The van der Waals surface area contributed by atoms with Gasteiger partial charge in [-0.15, -0.1) is 11.3 Å². The molecule has 22 heavy (non-hydrogen) atoms. The number of fused-ring (bicyclic) bond motifs is 1. The summed E-state index contributed by atoms with van der Waals surface area (Å²) >= 11 is 1.45. The number of hydrogen-bond donors (Lipinski definition) is 1. The Labute approximate surface area is 135 Å². The van der Waals surface area contributed by atoms with Gasteiger partial charge in [0.25, 0.3) is 0 Å². The second-order valence-corrected chi connectivity index (χ2v) is 8.78. The summed E-state index contributed by atoms with van der Waals surface area (Å²) in [6.45, 7) is 3.67. The molecule has 1 N–H and O–H groups in total. The van der Waals surface area contributed by atoms with Crippen molar-refractivity contribution < 1.29 is 8.42 Å². The Morgan fingerprint density at radius 1 is 1.18 bits per heavy atom. The molecular formula is C16H20N2O2S2. The second kappa shape index (κ2) is 5.76. The van der Waals surface area contributed by atoms with Crippen LogP contribution >= 0.6 is 11.3 Å². The summed E-state index contributed by atoms with van der Waals surface area (Å²) in [6, 6.07) is 5.50. The van der Waals surface area contributed by atoms with E-state index in [1.807, 2.05) is 31.4 Å². The van der Waals surface area contributed by atoms with Gasteiger partial charge in [0.15, 0.2) is 0 Å². The minimum atomic E-state index is -3.56. The highest BCUT2D eigenvalue weighted by Crippen LogP contribution is 2.27. The van der Waals surface area contributed by atoms with Gasteiger partial charge >= 0.3 is 0 Å². The van der Waals surface area contributed by atoms with Gasteiger partial charge in [0.05, 0.1) is 10.4 Å². The van der Waals surface area contributed by atoms with Crippen molar-refractivity contribution in [3.63, 3.8) is 0 Å². The third kappa shape index (κ3) is 3.09. The number of aromatic nitrogens is 1. The molecule has 0 spiro atoms. The zero-order valence-electron chi connectivity index (χ0n) is 12.8. The molecule has 6 heteroatoms. The number of hydrogen-bond acceptors (Lipinski definition) is 4. The molecular weight excluding hydrogens is 316 g/mol. The van der Waals surface area contributed by atoms with Crippen molar-refractivity contribution in [3.8, 4) is 0 Å². The number of aryl methyl sites for hydroxylation is 2. The minimum absolute atomic E-state index is 0.345. The smallest absolute Gasteiger partial charge is 0.241 e. The number of thiazole rings is 1. The van der Waals surface area contributed by atoms with Crippen LogP contribution in [0.15, 0.2) is 34.7 Å². The number of sulfonamides is 1. The van der Waals surface area contributed by atoms with Crippen LogP contribution in [-0.4, -0.2) is 13.4 Å². The first kappa shape index (κ1) is 15.6. The van der Waals surface area contributed by atoms with Crippen LogP contribution in [0.2, 0.25) is 0 Å². The minimum Gasteiger partial charge on any atom is -0.248 e. The summed E-state index contributed by atoms with van der Waals surface area (Å²) in [4.78, 5) is 4.57. The Balaban J connectivity index is 1.90. The number of rotatable bonds is 4. The highest BCUT2D eigenvalue weighted by atomic mass is 32.2. The Morgan fingerprint density at radius 2 is 1.91 bits per heavy atom. The molecule has 4 nitrogen and oxygen atoms in total. The van der Waals surface area contributed by atoms with Gasteiger partial charge in [0, 0.05) is 11.6 Å². The van der Waals surface area contributed by atoms with Gasteiger partial charge in [-0.3, -0.25) is 0 Å². The zero-order chi connectivity index (χ0) is 15.8. The fourth-order valence-corrected chi connectivity index (χ4v) is 5.06. The number of nitrogens with one attached hydrogen (secondary N) is 1. The van der Waals surface area contributed by atoms with Gasteiger partial charge in [-0.05, 0) is 62.8 Å². The Morgan fingerprint density at radius 3 is 2.59 bits per heavy atom. The highest BCUT2D eigenvalue weighted by Gasteiger charge is 2.30. The second-order valence-electron chi connectivity index (χ2n) is 6.21. The van der Waals surface area contributed by atoms with E-state index in [-0.39, 0.29) is 0 Å². The standard InChI is InChI=1S/C16H20N2O2S2/c1-16(2,15-17-9-10-21-15)18-22(19,20)14-8-7-12-5-3-4-6-13(12)11-14/h7-11,18H,3-6H2,1-2H3. The molecule has 3 rings (SSSR count). The van der Waals surface area contributed by atoms with Gasteiger partial charge in [-0.25, -0.2) is 13.4 Å². The van der Waals surface area contributed by atoms with Crippen molar-refractivity contribution in [2.24, 2.45) is 0 Å². The average molecular weight is 336 g/mol. The molecule has 1 aliphatic carbocycles. The van der Waals surface area contributed by atoms with E-state index in [0.717, 1.165) is 24.3 Å². The van der Waals surface area contributed by atoms with Crippen molar-refractivity contribution in [3.05, 3.63) is 45.9 Å². The average Bonchev–Trinajstić information content (AvgIpc) is 3.01. The number of nitrogens with zero attached hydrogens (tertiary/aromatic N) is 1. The van der Waals surface area contributed by atoms with E-state index >= 15 is 0 Å². The highest BCUT2D eigenvalue weighted by molar-refractivity contribution is 7.89. The Bertz CT molecular complexity index is 765. The summed E-state index contributed by atoms with van der Waals surface area (Å²) in [6.07, 6.45) is 6.03. The predicted octanol–water partition coefficient (Wildman–Crippen LogP) is 3.24. The monoisotopic (exact) mass is 336 g/mol. The van der Waals surface area contributed by atoms with E-state index in [1.165, 1.54) is 28.9 Å². The molecule has 0 atom stereocenters. The molecule has 0 aliphatic heterocycles. The molecule has 1 aliphatic rings.